The second-order valence-corrected chi connectivity index (χ2v) is 4.76. The van der Waals surface area contributed by atoms with Crippen LogP contribution < -0.4 is 10.2 Å². The van der Waals surface area contributed by atoms with Crippen molar-refractivity contribution >= 4 is 5.95 Å². The third kappa shape index (κ3) is 2.47. The number of nitrogens with one attached hydrogen (secondary N) is 2. The summed E-state index contributed by atoms with van der Waals surface area (Å²) in [7, 11) is 0. The van der Waals surface area contributed by atoms with Crippen molar-refractivity contribution in [2.45, 2.75) is 19.1 Å². The van der Waals surface area contributed by atoms with Gasteiger partial charge in [0.15, 0.2) is 5.82 Å². The molecular weight excluding hydrogens is 234 g/mol. The number of H-pyrrole nitrogens is 1. The molecule has 0 bridgehead atoms. The van der Waals surface area contributed by atoms with Crippen LogP contribution in [0.15, 0.2) is 0 Å². The zero-order valence-corrected chi connectivity index (χ0v) is 10.6. The Morgan fingerprint density at radius 3 is 3.11 bits per heavy atom. The number of aromatic amines is 1. The number of aromatic nitrogens is 3. The maximum atomic E-state index is 5.60. The van der Waals surface area contributed by atoms with Gasteiger partial charge in [-0.3, -0.25) is 5.10 Å². The molecule has 18 heavy (non-hydrogen) atoms. The van der Waals surface area contributed by atoms with E-state index in [2.05, 4.69) is 32.3 Å². The Morgan fingerprint density at radius 1 is 1.39 bits per heavy atom. The predicted octanol–water partition coefficient (Wildman–Crippen LogP) is -0.309. The summed E-state index contributed by atoms with van der Waals surface area (Å²) < 4.78 is 11.0. The van der Waals surface area contributed by atoms with E-state index < -0.39 is 0 Å². The van der Waals surface area contributed by atoms with E-state index in [9.17, 15) is 0 Å². The van der Waals surface area contributed by atoms with Gasteiger partial charge in [-0.2, -0.15) is 4.98 Å². The molecule has 0 saturated carbocycles. The Morgan fingerprint density at radius 2 is 2.33 bits per heavy atom. The SMILES string of the molecule is C[C@@H]1CN(c2n[nH]c(C3COCCO3)n2)CCN1. The summed E-state index contributed by atoms with van der Waals surface area (Å²) in [5, 5.41) is 10.6. The zero-order valence-electron chi connectivity index (χ0n) is 10.6. The van der Waals surface area contributed by atoms with Crippen molar-refractivity contribution in [1.29, 1.82) is 0 Å². The fourth-order valence-electron chi connectivity index (χ4n) is 2.31. The Balaban J connectivity index is 1.68. The molecule has 0 aliphatic carbocycles. The molecule has 7 nitrogen and oxygen atoms in total. The number of rotatable bonds is 2. The molecule has 0 amide bonds. The Kier molecular flexibility index (Phi) is 3.44. The molecule has 2 aliphatic heterocycles. The van der Waals surface area contributed by atoms with E-state index in [1.165, 1.54) is 0 Å². The molecule has 0 radical (unpaired) electrons. The van der Waals surface area contributed by atoms with Crippen molar-refractivity contribution < 1.29 is 9.47 Å². The van der Waals surface area contributed by atoms with Crippen molar-refractivity contribution in [2.75, 3.05) is 44.4 Å². The molecule has 3 rings (SSSR count). The second-order valence-electron chi connectivity index (χ2n) is 4.76. The first kappa shape index (κ1) is 11.9. The number of piperazine rings is 1. The molecule has 1 aromatic rings. The third-order valence-corrected chi connectivity index (χ3v) is 3.26. The Bertz CT molecular complexity index is 391. The monoisotopic (exact) mass is 253 g/mol. The van der Waals surface area contributed by atoms with Gasteiger partial charge in [-0.05, 0) is 6.92 Å². The summed E-state index contributed by atoms with van der Waals surface area (Å²) in [5.41, 5.74) is 0. The smallest absolute Gasteiger partial charge is 0.244 e. The van der Waals surface area contributed by atoms with Crippen LogP contribution in [-0.2, 0) is 9.47 Å². The van der Waals surface area contributed by atoms with Crippen molar-refractivity contribution in [1.82, 2.24) is 20.5 Å². The molecule has 0 spiro atoms. The van der Waals surface area contributed by atoms with E-state index in [0.717, 1.165) is 31.4 Å². The topological polar surface area (TPSA) is 75.3 Å². The van der Waals surface area contributed by atoms with Crippen LogP contribution in [0.1, 0.15) is 18.9 Å². The summed E-state index contributed by atoms with van der Waals surface area (Å²) in [6, 6.07) is 0.468. The number of anilines is 1. The first-order valence-corrected chi connectivity index (χ1v) is 6.43. The van der Waals surface area contributed by atoms with Gasteiger partial charge < -0.3 is 19.7 Å². The molecule has 2 N–H and O–H groups in total. The molecule has 2 fully saturated rings. The van der Waals surface area contributed by atoms with Crippen LogP contribution in [0.2, 0.25) is 0 Å². The van der Waals surface area contributed by atoms with Gasteiger partial charge in [0.25, 0.3) is 0 Å². The number of nitrogens with zero attached hydrogens (tertiary/aromatic N) is 3. The van der Waals surface area contributed by atoms with E-state index in [4.69, 9.17) is 9.47 Å². The van der Waals surface area contributed by atoms with Gasteiger partial charge in [-0.1, -0.05) is 0 Å². The minimum atomic E-state index is -0.111. The molecule has 3 heterocycles. The lowest BCUT2D eigenvalue weighted by molar-refractivity contribution is -0.0933. The maximum absolute atomic E-state index is 5.60. The van der Waals surface area contributed by atoms with E-state index >= 15 is 0 Å². The first-order valence-electron chi connectivity index (χ1n) is 6.43. The standard InChI is InChI=1S/C11H19N5O2/c1-8-6-16(3-2-12-8)11-13-10(14-15-11)9-7-17-4-5-18-9/h8-9,12H,2-7H2,1H3,(H,13,14,15)/t8-,9?/m1/s1. The average Bonchev–Trinajstić information content (AvgIpc) is 2.89. The minimum absolute atomic E-state index is 0.111. The third-order valence-electron chi connectivity index (χ3n) is 3.26. The molecule has 2 aliphatic rings. The van der Waals surface area contributed by atoms with Gasteiger partial charge in [-0.15, -0.1) is 5.10 Å². The van der Waals surface area contributed by atoms with Gasteiger partial charge in [0, 0.05) is 25.7 Å². The summed E-state index contributed by atoms with van der Waals surface area (Å²) in [5.74, 6) is 1.52. The summed E-state index contributed by atoms with van der Waals surface area (Å²) >= 11 is 0. The number of hydrogen-bond donors (Lipinski definition) is 2. The molecule has 7 heteroatoms. The summed E-state index contributed by atoms with van der Waals surface area (Å²) in [6.07, 6.45) is -0.111. The molecule has 100 valence electrons. The lowest BCUT2D eigenvalue weighted by Crippen LogP contribution is -2.49. The van der Waals surface area contributed by atoms with E-state index in [1.807, 2.05) is 0 Å². The van der Waals surface area contributed by atoms with E-state index in [1.54, 1.807) is 0 Å². The number of hydrogen-bond acceptors (Lipinski definition) is 6. The van der Waals surface area contributed by atoms with Crippen LogP contribution in [0.4, 0.5) is 5.95 Å². The van der Waals surface area contributed by atoms with Crippen LogP contribution in [-0.4, -0.2) is 60.7 Å². The van der Waals surface area contributed by atoms with Crippen molar-refractivity contribution in [3.8, 4) is 0 Å². The molecule has 1 aromatic heterocycles. The molecular formula is C11H19N5O2. The highest BCUT2D eigenvalue weighted by Crippen LogP contribution is 2.19. The zero-order chi connectivity index (χ0) is 12.4. The lowest BCUT2D eigenvalue weighted by atomic mass is 10.2. The fourth-order valence-corrected chi connectivity index (χ4v) is 2.31. The Labute approximate surface area is 106 Å². The van der Waals surface area contributed by atoms with Gasteiger partial charge in [0.1, 0.15) is 6.10 Å². The highest BCUT2D eigenvalue weighted by Gasteiger charge is 2.24. The second kappa shape index (κ2) is 5.21. The van der Waals surface area contributed by atoms with Crippen LogP contribution in [0.25, 0.3) is 0 Å². The van der Waals surface area contributed by atoms with Crippen LogP contribution >= 0.6 is 0 Å². The van der Waals surface area contributed by atoms with Gasteiger partial charge >= 0.3 is 0 Å². The quantitative estimate of drug-likeness (QED) is 0.753. The van der Waals surface area contributed by atoms with Crippen LogP contribution in [0.3, 0.4) is 0 Å². The molecule has 2 atom stereocenters. The molecule has 2 saturated heterocycles. The average molecular weight is 253 g/mol. The van der Waals surface area contributed by atoms with Crippen LogP contribution in [0.5, 0.6) is 0 Å². The fraction of sp³-hybridized carbons (Fsp3) is 0.818. The molecule has 1 unspecified atom stereocenters. The maximum Gasteiger partial charge on any atom is 0.244 e. The predicted molar refractivity (Wildman–Crippen MR) is 65.6 cm³/mol. The van der Waals surface area contributed by atoms with E-state index in [-0.39, 0.29) is 6.10 Å². The van der Waals surface area contributed by atoms with Gasteiger partial charge in [-0.25, -0.2) is 0 Å². The van der Waals surface area contributed by atoms with Crippen molar-refractivity contribution in [3.05, 3.63) is 5.82 Å². The summed E-state index contributed by atoms with van der Waals surface area (Å²) in [4.78, 5) is 6.70. The summed E-state index contributed by atoms with van der Waals surface area (Å²) in [6.45, 7) is 6.82. The van der Waals surface area contributed by atoms with Gasteiger partial charge in [0.2, 0.25) is 5.95 Å². The van der Waals surface area contributed by atoms with E-state index in [0.29, 0.717) is 25.9 Å². The number of ether oxygens (including phenoxy) is 2. The largest absolute Gasteiger partial charge is 0.376 e. The van der Waals surface area contributed by atoms with Crippen molar-refractivity contribution in [3.63, 3.8) is 0 Å². The highest BCUT2D eigenvalue weighted by molar-refractivity contribution is 5.30. The first-order chi connectivity index (χ1) is 8.83. The minimum Gasteiger partial charge on any atom is -0.376 e. The Hall–Kier alpha value is -1.18. The highest BCUT2D eigenvalue weighted by atomic mass is 16.6. The molecule has 0 aromatic carbocycles. The van der Waals surface area contributed by atoms with Gasteiger partial charge in [0.05, 0.1) is 19.8 Å². The van der Waals surface area contributed by atoms with Crippen molar-refractivity contribution in [2.24, 2.45) is 0 Å². The van der Waals surface area contributed by atoms with Crippen LogP contribution in [0, 0.1) is 0 Å². The lowest BCUT2D eigenvalue weighted by Gasteiger charge is -2.30. The normalized spacial score (nSPS) is 29.5.